The van der Waals surface area contributed by atoms with E-state index in [2.05, 4.69) is 29.1 Å². The fourth-order valence-corrected chi connectivity index (χ4v) is 1.88. The predicted molar refractivity (Wildman–Crippen MR) is 72.5 cm³/mol. The maximum Gasteiger partial charge on any atom is 0.137 e. The van der Waals surface area contributed by atoms with E-state index in [1.54, 1.807) is 6.33 Å². The number of hydrogen-bond acceptors (Lipinski definition) is 3. The van der Waals surface area contributed by atoms with Gasteiger partial charge in [-0.2, -0.15) is 0 Å². The van der Waals surface area contributed by atoms with Crippen LogP contribution in [0.3, 0.4) is 0 Å². The predicted octanol–water partition coefficient (Wildman–Crippen LogP) is 3.31. The molecule has 0 radical (unpaired) electrons. The summed E-state index contributed by atoms with van der Waals surface area (Å²) in [5.74, 6) is 1.91. The molecule has 0 saturated carbocycles. The summed E-state index contributed by atoms with van der Waals surface area (Å²) in [5.41, 5.74) is 0.954. The van der Waals surface area contributed by atoms with Gasteiger partial charge in [-0.05, 0) is 25.0 Å². The van der Waals surface area contributed by atoms with Crippen molar-refractivity contribution in [1.29, 1.82) is 0 Å². The molecule has 0 aliphatic heterocycles. The van der Waals surface area contributed by atoms with Crippen LogP contribution in [0, 0.1) is 5.92 Å². The average molecular weight is 250 g/mol. The van der Waals surface area contributed by atoms with Crippen molar-refractivity contribution in [3.8, 4) is 0 Å². The first-order chi connectivity index (χ1) is 8.22. The largest absolute Gasteiger partial charge is 0.367 e. The quantitative estimate of drug-likeness (QED) is 0.845. The van der Waals surface area contributed by atoms with Crippen molar-refractivity contribution in [2.45, 2.75) is 19.9 Å². The molecule has 0 aliphatic carbocycles. The van der Waals surface area contributed by atoms with Crippen molar-refractivity contribution in [3.05, 3.63) is 30.6 Å². The molecule has 1 N–H and O–H groups in total. The summed E-state index contributed by atoms with van der Waals surface area (Å²) < 4.78 is 0. The standard InChI is InChI=1S/C13H16ClN3/c1-9(7-14)10(2)17-13-11-5-3-4-6-12(11)15-8-16-13/h3-6,8-10H,7H2,1-2H3,(H,15,16,17). The number of halogens is 1. The highest BCUT2D eigenvalue weighted by atomic mass is 35.5. The molecule has 1 aromatic heterocycles. The monoisotopic (exact) mass is 249 g/mol. The highest BCUT2D eigenvalue weighted by Crippen LogP contribution is 2.20. The lowest BCUT2D eigenvalue weighted by atomic mass is 10.1. The fourth-order valence-electron chi connectivity index (χ4n) is 1.61. The second-order valence-corrected chi connectivity index (χ2v) is 4.61. The number of anilines is 1. The molecule has 1 aromatic carbocycles. The van der Waals surface area contributed by atoms with E-state index >= 15 is 0 Å². The van der Waals surface area contributed by atoms with Gasteiger partial charge in [-0.3, -0.25) is 0 Å². The van der Waals surface area contributed by atoms with Crippen molar-refractivity contribution < 1.29 is 0 Å². The maximum atomic E-state index is 5.86. The number of alkyl halides is 1. The molecule has 2 unspecified atom stereocenters. The molecule has 2 atom stereocenters. The molecule has 0 amide bonds. The molecule has 0 bridgehead atoms. The molecule has 2 aromatic rings. The number of nitrogens with zero attached hydrogens (tertiary/aromatic N) is 2. The van der Waals surface area contributed by atoms with Gasteiger partial charge in [-0.1, -0.05) is 19.1 Å². The van der Waals surface area contributed by atoms with Gasteiger partial charge in [-0.15, -0.1) is 11.6 Å². The van der Waals surface area contributed by atoms with Crippen LogP contribution in [0.4, 0.5) is 5.82 Å². The van der Waals surface area contributed by atoms with E-state index in [1.165, 1.54) is 0 Å². The second-order valence-electron chi connectivity index (χ2n) is 4.30. The summed E-state index contributed by atoms with van der Waals surface area (Å²) in [5, 5.41) is 4.45. The zero-order valence-corrected chi connectivity index (χ0v) is 10.8. The van der Waals surface area contributed by atoms with Crippen molar-refractivity contribution >= 4 is 28.3 Å². The van der Waals surface area contributed by atoms with Crippen LogP contribution in [0.1, 0.15) is 13.8 Å². The van der Waals surface area contributed by atoms with Gasteiger partial charge in [0.2, 0.25) is 0 Å². The maximum absolute atomic E-state index is 5.86. The van der Waals surface area contributed by atoms with Crippen molar-refractivity contribution in [2.24, 2.45) is 5.92 Å². The fraction of sp³-hybridized carbons (Fsp3) is 0.385. The van der Waals surface area contributed by atoms with Gasteiger partial charge in [0.15, 0.2) is 0 Å². The minimum atomic E-state index is 0.283. The lowest BCUT2D eigenvalue weighted by Crippen LogP contribution is -2.25. The minimum absolute atomic E-state index is 0.283. The van der Waals surface area contributed by atoms with E-state index in [4.69, 9.17) is 11.6 Å². The molecule has 0 fully saturated rings. The highest BCUT2D eigenvalue weighted by molar-refractivity contribution is 6.18. The van der Waals surface area contributed by atoms with Gasteiger partial charge in [0.1, 0.15) is 12.1 Å². The van der Waals surface area contributed by atoms with Gasteiger partial charge >= 0.3 is 0 Å². The Morgan fingerprint density at radius 1 is 1.24 bits per heavy atom. The lowest BCUT2D eigenvalue weighted by Gasteiger charge is -2.20. The van der Waals surface area contributed by atoms with E-state index in [1.807, 2.05) is 24.3 Å². The lowest BCUT2D eigenvalue weighted by molar-refractivity contribution is 0.565. The molecule has 1 heterocycles. The zero-order valence-electron chi connectivity index (χ0n) is 10.0. The van der Waals surface area contributed by atoms with Crippen LogP contribution < -0.4 is 5.32 Å². The van der Waals surface area contributed by atoms with Crippen LogP contribution in [0.15, 0.2) is 30.6 Å². The molecule has 3 nitrogen and oxygen atoms in total. The van der Waals surface area contributed by atoms with Crippen molar-refractivity contribution in [2.75, 3.05) is 11.2 Å². The van der Waals surface area contributed by atoms with E-state index in [-0.39, 0.29) is 6.04 Å². The van der Waals surface area contributed by atoms with Gasteiger partial charge in [0.25, 0.3) is 0 Å². The minimum Gasteiger partial charge on any atom is -0.367 e. The van der Waals surface area contributed by atoms with Gasteiger partial charge in [-0.25, -0.2) is 9.97 Å². The Kier molecular flexibility index (Phi) is 3.79. The first-order valence-electron chi connectivity index (χ1n) is 5.74. The van der Waals surface area contributed by atoms with E-state index in [9.17, 15) is 0 Å². The van der Waals surface area contributed by atoms with Crippen LogP contribution in [-0.4, -0.2) is 21.9 Å². The van der Waals surface area contributed by atoms with Crippen LogP contribution in [0.5, 0.6) is 0 Å². The molecule has 2 rings (SSSR count). The highest BCUT2D eigenvalue weighted by Gasteiger charge is 2.12. The summed E-state index contributed by atoms with van der Waals surface area (Å²) >= 11 is 5.86. The normalized spacial score (nSPS) is 14.5. The molecule has 17 heavy (non-hydrogen) atoms. The summed E-state index contributed by atoms with van der Waals surface area (Å²) in [4.78, 5) is 8.54. The Hall–Kier alpha value is -1.35. The Labute approximate surface area is 106 Å². The summed E-state index contributed by atoms with van der Waals surface area (Å²) in [6.45, 7) is 4.23. The first kappa shape index (κ1) is 12.1. The number of benzene rings is 1. The number of nitrogens with one attached hydrogen (secondary N) is 1. The molecule has 0 aliphatic rings. The average Bonchev–Trinajstić information content (AvgIpc) is 2.38. The molecule has 90 valence electrons. The number of hydrogen-bond donors (Lipinski definition) is 1. The zero-order chi connectivity index (χ0) is 12.3. The third-order valence-electron chi connectivity index (χ3n) is 3.00. The first-order valence-corrected chi connectivity index (χ1v) is 6.28. The third-order valence-corrected chi connectivity index (χ3v) is 3.49. The second kappa shape index (κ2) is 5.32. The SMILES string of the molecule is CC(CCl)C(C)Nc1ncnc2ccccc12. The van der Waals surface area contributed by atoms with E-state index in [0.717, 1.165) is 16.7 Å². The summed E-state index contributed by atoms with van der Waals surface area (Å²) in [6.07, 6.45) is 1.59. The van der Waals surface area contributed by atoms with Crippen LogP contribution in [-0.2, 0) is 0 Å². The Balaban J connectivity index is 2.30. The summed E-state index contributed by atoms with van der Waals surface area (Å²) in [6, 6.07) is 8.26. The molecule has 4 heteroatoms. The van der Waals surface area contributed by atoms with Gasteiger partial charge < -0.3 is 5.32 Å². The Bertz CT molecular complexity index is 495. The Morgan fingerprint density at radius 2 is 2.00 bits per heavy atom. The van der Waals surface area contributed by atoms with Gasteiger partial charge in [0.05, 0.1) is 5.52 Å². The Morgan fingerprint density at radius 3 is 2.76 bits per heavy atom. The van der Waals surface area contributed by atoms with Crippen LogP contribution >= 0.6 is 11.6 Å². The van der Waals surface area contributed by atoms with Crippen LogP contribution in [0.2, 0.25) is 0 Å². The van der Waals surface area contributed by atoms with E-state index in [0.29, 0.717) is 11.8 Å². The number of rotatable bonds is 4. The molecular formula is C13H16ClN3. The summed E-state index contributed by atoms with van der Waals surface area (Å²) in [7, 11) is 0. The van der Waals surface area contributed by atoms with Gasteiger partial charge in [0, 0.05) is 17.3 Å². The third kappa shape index (κ3) is 2.67. The van der Waals surface area contributed by atoms with Crippen LogP contribution in [0.25, 0.3) is 10.9 Å². The number of aromatic nitrogens is 2. The molecule has 0 spiro atoms. The number of fused-ring (bicyclic) bond motifs is 1. The molecular weight excluding hydrogens is 234 g/mol. The van der Waals surface area contributed by atoms with Crippen molar-refractivity contribution in [3.63, 3.8) is 0 Å². The van der Waals surface area contributed by atoms with E-state index < -0.39 is 0 Å². The molecule has 0 saturated heterocycles. The topological polar surface area (TPSA) is 37.8 Å². The smallest absolute Gasteiger partial charge is 0.137 e. The van der Waals surface area contributed by atoms with Crippen molar-refractivity contribution in [1.82, 2.24) is 9.97 Å². The number of para-hydroxylation sites is 1.